The lowest BCUT2D eigenvalue weighted by molar-refractivity contribution is -0.139. The maximum absolute atomic E-state index is 10.6. The normalized spacial score (nSPS) is 13.0. The average molecular weight is 534 g/mol. The van der Waals surface area contributed by atoms with Gasteiger partial charge >= 0.3 is 17.9 Å². The molecule has 0 aliphatic rings. The number of aliphatic carboxylic acids is 3. The van der Waals surface area contributed by atoms with Gasteiger partial charge in [-0.1, -0.05) is 41.5 Å². The van der Waals surface area contributed by atoms with Crippen molar-refractivity contribution in [1.82, 2.24) is 0 Å². The number of carbonyl (C=O) groups excluding carboxylic acids is 2. The first kappa shape index (κ1) is 38.8. The molecule has 1 unspecified atom stereocenters. The minimum atomic E-state index is -0.869. The Morgan fingerprint density at radius 2 is 0.757 bits per heavy atom. The van der Waals surface area contributed by atoms with Crippen LogP contribution in [0.5, 0.6) is 0 Å². The Balaban J connectivity index is -0.000000471. The minimum absolute atomic E-state index is 0.0289. The minimum Gasteiger partial charge on any atom is -0.481 e. The molecule has 3 atom stereocenters. The zero-order valence-electron chi connectivity index (χ0n) is 23.4. The number of hydrogen-bond donors (Lipinski definition) is 6. The molecule has 0 saturated heterocycles. The molecule has 0 aromatic rings. The summed E-state index contributed by atoms with van der Waals surface area (Å²) < 4.78 is 0. The third-order valence-corrected chi connectivity index (χ3v) is 5.12. The van der Waals surface area contributed by atoms with Crippen molar-refractivity contribution in [3.63, 3.8) is 0 Å². The van der Waals surface area contributed by atoms with Crippen LogP contribution in [0.25, 0.3) is 0 Å². The fraction of sp³-hybridized carbons (Fsp3) is 0.808. The summed E-state index contributed by atoms with van der Waals surface area (Å²) >= 11 is 0. The van der Waals surface area contributed by atoms with Gasteiger partial charge in [-0.05, 0) is 61.3 Å². The highest BCUT2D eigenvalue weighted by Gasteiger charge is 2.18. The number of amides is 2. The number of nitrogens with two attached hydrogens (primary N) is 3. The van der Waals surface area contributed by atoms with Gasteiger partial charge in [-0.15, -0.1) is 0 Å². The Morgan fingerprint density at radius 1 is 0.514 bits per heavy atom. The number of hydrogen-bond acceptors (Lipinski definition) is 6. The van der Waals surface area contributed by atoms with E-state index in [1.165, 1.54) is 0 Å². The molecular weight excluding hydrogens is 482 g/mol. The predicted octanol–water partition coefficient (Wildman–Crippen LogP) is 3.08. The number of carbonyl (C=O) groups is 5. The summed E-state index contributed by atoms with van der Waals surface area (Å²) in [5.74, 6) is -2.11. The van der Waals surface area contributed by atoms with Crippen LogP contribution in [-0.2, 0) is 24.0 Å². The summed E-state index contributed by atoms with van der Waals surface area (Å²) in [6.07, 6.45) is 2.97. The van der Waals surface area contributed by atoms with Crippen LogP contribution in [0.1, 0.15) is 92.9 Å². The smallest absolute Gasteiger partial charge is 0.303 e. The van der Waals surface area contributed by atoms with Crippen molar-refractivity contribution in [3.8, 4) is 0 Å². The lowest BCUT2D eigenvalue weighted by atomic mass is 9.91. The van der Waals surface area contributed by atoms with Crippen LogP contribution >= 0.6 is 0 Å². The molecule has 0 rings (SSSR count). The molecule has 0 aromatic carbocycles. The molecule has 37 heavy (non-hydrogen) atoms. The Hall–Kier alpha value is -2.69. The van der Waals surface area contributed by atoms with Crippen molar-refractivity contribution in [2.24, 2.45) is 52.7 Å². The highest BCUT2D eigenvalue weighted by atomic mass is 16.4. The molecule has 218 valence electrons. The molecule has 0 saturated carbocycles. The quantitative estimate of drug-likeness (QED) is 0.161. The maximum Gasteiger partial charge on any atom is 0.303 e. The Labute approximate surface area is 221 Å². The lowest BCUT2D eigenvalue weighted by Crippen LogP contribution is -2.19. The number of carboxylic acid groups (broad SMARTS) is 3. The van der Waals surface area contributed by atoms with Crippen molar-refractivity contribution >= 4 is 29.7 Å². The Bertz CT molecular complexity index is 607. The second kappa shape index (κ2) is 22.5. The molecular formula is C26H51N3O8. The molecule has 0 aromatic heterocycles. The van der Waals surface area contributed by atoms with Gasteiger partial charge in [0.05, 0.1) is 0 Å². The maximum atomic E-state index is 10.6. The third-order valence-electron chi connectivity index (χ3n) is 5.12. The van der Waals surface area contributed by atoms with E-state index in [1.807, 2.05) is 27.7 Å². The first-order chi connectivity index (χ1) is 16.9. The van der Waals surface area contributed by atoms with Crippen LogP contribution in [0.4, 0.5) is 0 Å². The highest BCUT2D eigenvalue weighted by molar-refractivity contribution is 5.75. The second-order valence-electron chi connectivity index (χ2n) is 10.9. The molecule has 0 spiro atoms. The van der Waals surface area contributed by atoms with Gasteiger partial charge < -0.3 is 32.5 Å². The fourth-order valence-electron chi connectivity index (χ4n) is 4.05. The van der Waals surface area contributed by atoms with Gasteiger partial charge in [-0.3, -0.25) is 24.0 Å². The molecule has 0 fully saturated rings. The first-order valence-corrected chi connectivity index (χ1v) is 12.8. The summed E-state index contributed by atoms with van der Waals surface area (Å²) in [6.45, 7) is 12.6. The summed E-state index contributed by atoms with van der Waals surface area (Å²) in [7, 11) is 0. The van der Waals surface area contributed by atoms with Crippen LogP contribution in [0.3, 0.4) is 0 Å². The first-order valence-electron chi connectivity index (χ1n) is 12.8. The summed E-state index contributed by atoms with van der Waals surface area (Å²) in [4.78, 5) is 52.3. The molecule has 0 heterocycles. The monoisotopic (exact) mass is 533 g/mol. The van der Waals surface area contributed by atoms with Crippen molar-refractivity contribution in [2.45, 2.75) is 92.9 Å². The fourth-order valence-corrected chi connectivity index (χ4v) is 4.05. The van der Waals surface area contributed by atoms with Crippen molar-refractivity contribution < 1.29 is 39.3 Å². The average Bonchev–Trinajstić information content (AvgIpc) is 2.64. The Morgan fingerprint density at radius 3 is 0.946 bits per heavy atom. The lowest BCUT2D eigenvalue weighted by Gasteiger charge is -2.14. The molecule has 9 N–H and O–H groups in total. The standard InChI is InChI=1S/2C9H17NO3.C8H17NO2/c2*1-6(2)3-7(4-8(10)11)5-9(12)13;1-6(2)3-7(5-9)4-8(10)11/h2*6-7H,3-5H2,1-2H3,(H2,10,11)(H,12,13);6-7H,3-5,9H2,1-2H3,(H,10,11)/t7-;;7-/m1.0/s1. The molecule has 2 amide bonds. The number of primary amides is 2. The second-order valence-corrected chi connectivity index (χ2v) is 10.9. The van der Waals surface area contributed by atoms with Gasteiger partial charge in [0.25, 0.3) is 0 Å². The van der Waals surface area contributed by atoms with Gasteiger partial charge in [0.15, 0.2) is 0 Å². The highest BCUT2D eigenvalue weighted by Crippen LogP contribution is 2.19. The molecule has 0 bridgehead atoms. The van der Waals surface area contributed by atoms with Crippen molar-refractivity contribution in [2.75, 3.05) is 6.54 Å². The van der Waals surface area contributed by atoms with E-state index >= 15 is 0 Å². The van der Waals surface area contributed by atoms with E-state index in [0.717, 1.165) is 19.3 Å². The number of rotatable bonds is 17. The van der Waals surface area contributed by atoms with Crippen LogP contribution < -0.4 is 17.2 Å². The van der Waals surface area contributed by atoms with Gasteiger partial charge in [-0.2, -0.15) is 0 Å². The van der Waals surface area contributed by atoms with Crippen molar-refractivity contribution in [3.05, 3.63) is 0 Å². The summed E-state index contributed by atoms with van der Waals surface area (Å²) in [5, 5.41) is 25.6. The van der Waals surface area contributed by atoms with E-state index in [1.54, 1.807) is 0 Å². The van der Waals surface area contributed by atoms with Crippen LogP contribution in [0.15, 0.2) is 0 Å². The van der Waals surface area contributed by atoms with Gasteiger partial charge in [0.2, 0.25) is 11.8 Å². The summed E-state index contributed by atoms with van der Waals surface area (Å²) in [5.41, 5.74) is 15.4. The zero-order chi connectivity index (χ0) is 29.7. The van der Waals surface area contributed by atoms with Crippen LogP contribution in [0.2, 0.25) is 0 Å². The van der Waals surface area contributed by atoms with E-state index in [4.69, 9.17) is 32.5 Å². The molecule has 11 heteroatoms. The van der Waals surface area contributed by atoms with E-state index in [-0.39, 0.29) is 49.9 Å². The van der Waals surface area contributed by atoms with E-state index in [2.05, 4.69) is 13.8 Å². The van der Waals surface area contributed by atoms with E-state index < -0.39 is 29.7 Å². The van der Waals surface area contributed by atoms with Gasteiger partial charge in [0, 0.05) is 32.1 Å². The van der Waals surface area contributed by atoms with Crippen LogP contribution in [0, 0.1) is 35.5 Å². The topological polar surface area (TPSA) is 224 Å². The Kier molecular flexibility index (Phi) is 23.6. The molecule has 0 aliphatic heterocycles. The molecule has 0 radical (unpaired) electrons. The summed E-state index contributed by atoms with van der Waals surface area (Å²) in [6, 6.07) is 0. The SMILES string of the molecule is CC(C)CC(CC(N)=O)CC(=O)O.CC(C)C[C@H](CC(N)=O)CC(=O)O.CC(C)C[C@H](CN)CC(=O)O. The molecule has 11 nitrogen and oxygen atoms in total. The van der Waals surface area contributed by atoms with Gasteiger partial charge in [0.1, 0.15) is 0 Å². The molecule has 0 aliphatic carbocycles. The predicted molar refractivity (Wildman–Crippen MR) is 142 cm³/mol. The zero-order valence-corrected chi connectivity index (χ0v) is 23.4. The third kappa shape index (κ3) is 33.3. The van der Waals surface area contributed by atoms with E-state index in [0.29, 0.717) is 24.3 Å². The van der Waals surface area contributed by atoms with Crippen LogP contribution in [-0.4, -0.2) is 51.6 Å². The van der Waals surface area contributed by atoms with E-state index in [9.17, 15) is 24.0 Å². The van der Waals surface area contributed by atoms with Crippen molar-refractivity contribution in [1.29, 1.82) is 0 Å². The number of carboxylic acids is 3. The van der Waals surface area contributed by atoms with Gasteiger partial charge in [-0.25, -0.2) is 0 Å². The largest absolute Gasteiger partial charge is 0.481 e.